The van der Waals surface area contributed by atoms with Gasteiger partial charge in [0.05, 0.1) is 0 Å². The molecule has 1 atom stereocenters. The third-order valence-corrected chi connectivity index (χ3v) is 7.56. The minimum absolute atomic E-state index is 0.251. The van der Waals surface area contributed by atoms with Gasteiger partial charge in [0.2, 0.25) is 0 Å². The minimum atomic E-state index is -1.12. The Morgan fingerprint density at radius 2 is 1.11 bits per heavy atom. The van der Waals surface area contributed by atoms with Crippen LogP contribution in [0.4, 0.5) is 0 Å². The van der Waals surface area contributed by atoms with Gasteiger partial charge in [-0.3, -0.25) is 4.79 Å². The molecule has 0 fully saturated rings. The van der Waals surface area contributed by atoms with E-state index in [9.17, 15) is 4.79 Å². The molecule has 0 saturated heterocycles. The Bertz CT molecular complexity index is 956. The maximum atomic E-state index is 13.9. The molecule has 3 aromatic rings. The van der Waals surface area contributed by atoms with Crippen LogP contribution < -0.4 is 10.6 Å². The average Bonchev–Trinajstić information content (AvgIpc) is 2.57. The lowest BCUT2D eigenvalue weighted by Gasteiger charge is -2.24. The maximum absolute atomic E-state index is 13.9. The van der Waals surface area contributed by atoms with Gasteiger partial charge in [0, 0.05) is 13.5 Å². The summed E-state index contributed by atoms with van der Waals surface area (Å²) in [5, 5.41) is 2.32. The molecule has 0 spiro atoms. The quantitative estimate of drug-likeness (QED) is 0.527. The van der Waals surface area contributed by atoms with E-state index in [0.717, 1.165) is 22.0 Å². The average molecular weight is 374 g/mol. The zero-order valence-corrected chi connectivity index (χ0v) is 17.9. The molecule has 0 saturated carbocycles. The van der Waals surface area contributed by atoms with Crippen molar-refractivity contribution in [2.75, 3.05) is 0 Å². The monoisotopic (exact) mass is 374 g/mol. The third kappa shape index (κ3) is 3.89. The number of carbonyl (C=O) groups excluding carboxylic acids is 1. The first-order chi connectivity index (χ1) is 12.8. The van der Waals surface area contributed by atoms with Gasteiger partial charge in [-0.1, -0.05) is 65.7 Å². The van der Waals surface area contributed by atoms with Crippen LogP contribution in [0.5, 0.6) is 0 Å². The second-order valence-electron chi connectivity index (χ2n) is 7.50. The summed E-state index contributed by atoms with van der Waals surface area (Å²) in [5.41, 5.74) is 8.14. The summed E-state index contributed by atoms with van der Waals surface area (Å²) >= 11 is 0. The molecule has 0 bridgehead atoms. The predicted octanol–water partition coefficient (Wildman–Crippen LogP) is 5.81. The maximum Gasteiger partial charge on any atom is 0.193 e. The molecule has 0 aliphatic heterocycles. The van der Waals surface area contributed by atoms with Gasteiger partial charge in [-0.15, -0.1) is 0 Å². The second-order valence-corrected chi connectivity index (χ2v) is 9.54. The summed E-state index contributed by atoms with van der Waals surface area (Å²) < 4.78 is 0. The van der Waals surface area contributed by atoms with E-state index in [0.29, 0.717) is 0 Å². The van der Waals surface area contributed by atoms with Gasteiger partial charge in [-0.25, -0.2) is 0 Å². The predicted molar refractivity (Wildman–Crippen MR) is 118 cm³/mol. The summed E-state index contributed by atoms with van der Waals surface area (Å²) in [6, 6.07) is 18.9. The molecule has 0 aromatic heterocycles. The molecule has 0 heterocycles. The molecule has 3 aromatic carbocycles. The van der Waals surface area contributed by atoms with E-state index in [1.54, 1.807) is 0 Å². The number of hydrogen-bond acceptors (Lipinski definition) is 1. The van der Waals surface area contributed by atoms with E-state index >= 15 is 0 Å². The first-order valence-corrected chi connectivity index (χ1v) is 10.7. The van der Waals surface area contributed by atoms with Crippen LogP contribution in [0.1, 0.15) is 43.7 Å². The lowest BCUT2D eigenvalue weighted by molar-refractivity contribution is 0.108. The van der Waals surface area contributed by atoms with E-state index in [4.69, 9.17) is 0 Å². The highest BCUT2D eigenvalue weighted by Gasteiger charge is 2.28. The highest BCUT2D eigenvalue weighted by atomic mass is 31.1. The number of rotatable bonds is 4. The zero-order chi connectivity index (χ0) is 19.7. The molecular weight excluding hydrogens is 347 g/mol. The molecule has 1 unspecified atom stereocenters. The van der Waals surface area contributed by atoms with E-state index in [1.807, 2.05) is 18.2 Å². The Morgan fingerprint density at radius 3 is 1.59 bits per heavy atom. The SMILES string of the molecule is Cc1cc(C)c(C(=O)P(c2ccccc2)c2c(C)cc(C)cc2C)c(C)c1. The summed E-state index contributed by atoms with van der Waals surface area (Å²) in [7, 11) is -1.12. The molecule has 27 heavy (non-hydrogen) atoms. The molecule has 1 nitrogen and oxygen atoms in total. The number of carbonyl (C=O) groups is 1. The summed E-state index contributed by atoms with van der Waals surface area (Å²) in [5.74, 6) is 0. The first kappa shape index (κ1) is 19.5. The Morgan fingerprint density at radius 1 is 0.667 bits per heavy atom. The smallest absolute Gasteiger partial charge is 0.193 e. The second kappa shape index (κ2) is 7.79. The molecular formula is C25H27OP. The van der Waals surface area contributed by atoms with Crippen LogP contribution >= 0.6 is 7.92 Å². The van der Waals surface area contributed by atoms with Gasteiger partial charge in [-0.05, 0) is 74.4 Å². The van der Waals surface area contributed by atoms with E-state index in [2.05, 4.69) is 77.9 Å². The fraction of sp³-hybridized carbons (Fsp3) is 0.240. The Hall–Kier alpha value is -2.24. The van der Waals surface area contributed by atoms with Crippen LogP contribution in [0, 0.1) is 41.5 Å². The van der Waals surface area contributed by atoms with Crippen molar-refractivity contribution in [3.63, 3.8) is 0 Å². The number of benzene rings is 3. The highest BCUT2D eigenvalue weighted by molar-refractivity contribution is 7.88. The third-order valence-electron chi connectivity index (χ3n) is 4.97. The van der Waals surface area contributed by atoms with Crippen LogP contribution in [0.3, 0.4) is 0 Å². The van der Waals surface area contributed by atoms with E-state index in [-0.39, 0.29) is 5.52 Å². The Kier molecular flexibility index (Phi) is 5.63. The number of aryl methyl sites for hydroxylation is 6. The molecule has 0 aliphatic rings. The van der Waals surface area contributed by atoms with Gasteiger partial charge in [0.1, 0.15) is 0 Å². The number of hydrogen-bond donors (Lipinski definition) is 0. The fourth-order valence-corrected chi connectivity index (χ4v) is 6.66. The minimum Gasteiger partial charge on any atom is -0.288 e. The van der Waals surface area contributed by atoms with Crippen molar-refractivity contribution in [3.05, 3.63) is 93.5 Å². The lowest BCUT2D eigenvalue weighted by Crippen LogP contribution is -2.23. The van der Waals surface area contributed by atoms with E-state index < -0.39 is 7.92 Å². The highest BCUT2D eigenvalue weighted by Crippen LogP contribution is 2.41. The topological polar surface area (TPSA) is 17.1 Å². The van der Waals surface area contributed by atoms with Crippen molar-refractivity contribution in [2.45, 2.75) is 41.5 Å². The van der Waals surface area contributed by atoms with Crippen LogP contribution in [0.25, 0.3) is 0 Å². The van der Waals surface area contributed by atoms with Gasteiger partial charge >= 0.3 is 0 Å². The van der Waals surface area contributed by atoms with Crippen molar-refractivity contribution in [2.24, 2.45) is 0 Å². The summed E-state index contributed by atoms with van der Waals surface area (Å²) in [6.07, 6.45) is 0. The summed E-state index contributed by atoms with van der Waals surface area (Å²) in [4.78, 5) is 13.9. The Balaban J connectivity index is 2.26. The van der Waals surface area contributed by atoms with Crippen LogP contribution in [-0.4, -0.2) is 5.52 Å². The zero-order valence-electron chi connectivity index (χ0n) is 17.1. The molecule has 138 valence electrons. The molecule has 0 N–H and O–H groups in total. The molecule has 0 amide bonds. The van der Waals surface area contributed by atoms with Gasteiger partial charge in [0.15, 0.2) is 5.52 Å². The molecule has 0 aliphatic carbocycles. The molecule has 0 radical (unpaired) electrons. The summed E-state index contributed by atoms with van der Waals surface area (Å²) in [6.45, 7) is 12.6. The largest absolute Gasteiger partial charge is 0.288 e. The van der Waals surface area contributed by atoms with Crippen molar-refractivity contribution in [1.82, 2.24) is 0 Å². The fourth-order valence-electron chi connectivity index (χ4n) is 4.08. The van der Waals surface area contributed by atoms with Crippen LogP contribution in [0.15, 0.2) is 54.6 Å². The normalized spacial score (nSPS) is 12.1. The van der Waals surface area contributed by atoms with Crippen LogP contribution in [-0.2, 0) is 0 Å². The van der Waals surface area contributed by atoms with Gasteiger partial charge < -0.3 is 0 Å². The van der Waals surface area contributed by atoms with Gasteiger partial charge in [0.25, 0.3) is 0 Å². The van der Waals surface area contributed by atoms with E-state index in [1.165, 1.54) is 27.6 Å². The first-order valence-electron chi connectivity index (χ1n) is 9.35. The lowest BCUT2D eigenvalue weighted by atomic mass is 10.0. The molecule has 2 heteroatoms. The standard InChI is InChI=1S/C25H27OP/c1-16-12-18(3)23(19(4)13-16)25(26)27(22-10-8-7-9-11-22)24-20(5)14-17(2)15-21(24)6/h7-15H,1-6H3. The molecule has 3 rings (SSSR count). The van der Waals surface area contributed by atoms with Crippen molar-refractivity contribution in [1.29, 1.82) is 0 Å². The Labute approximate surface area is 164 Å². The van der Waals surface area contributed by atoms with Crippen LogP contribution in [0.2, 0.25) is 0 Å². The van der Waals surface area contributed by atoms with Crippen molar-refractivity contribution < 1.29 is 4.79 Å². The van der Waals surface area contributed by atoms with Gasteiger partial charge in [-0.2, -0.15) is 0 Å². The van der Waals surface area contributed by atoms with Crippen molar-refractivity contribution >= 4 is 24.1 Å². The van der Waals surface area contributed by atoms with Crippen molar-refractivity contribution in [3.8, 4) is 0 Å².